The van der Waals surface area contributed by atoms with Crippen molar-refractivity contribution in [3.63, 3.8) is 0 Å². The molecule has 0 unspecified atom stereocenters. The van der Waals surface area contributed by atoms with Gasteiger partial charge in [-0.05, 0) is 48.6 Å². The van der Waals surface area contributed by atoms with Crippen LogP contribution in [0.2, 0.25) is 0 Å². The lowest BCUT2D eigenvalue weighted by Gasteiger charge is -2.26. The topological polar surface area (TPSA) is 45.3 Å². The van der Waals surface area contributed by atoms with Crippen LogP contribution < -0.4 is 4.74 Å². The van der Waals surface area contributed by atoms with Crippen LogP contribution in [0, 0.1) is 6.92 Å². The number of benzene rings is 2. The molecule has 2 aromatic carbocycles. The summed E-state index contributed by atoms with van der Waals surface area (Å²) < 4.78 is 5.67. The van der Waals surface area contributed by atoms with E-state index < -0.39 is 0 Å². The number of nitrogens with zero attached hydrogens (tertiary/aromatic N) is 1. The van der Waals surface area contributed by atoms with E-state index in [4.69, 9.17) is 4.74 Å². The van der Waals surface area contributed by atoms with Gasteiger partial charge < -0.3 is 14.6 Å². The number of carbonyl (C=O) groups excluding carboxylic acids is 1. The maximum Gasteiger partial charge on any atom is 0.260 e. The maximum atomic E-state index is 12.5. The van der Waals surface area contributed by atoms with Gasteiger partial charge in [0.25, 0.3) is 5.91 Å². The Morgan fingerprint density at radius 1 is 1.18 bits per heavy atom. The monoisotopic (exact) mass is 374 g/mol. The third-order valence-electron chi connectivity index (χ3n) is 5.53. The second kappa shape index (κ2) is 7.93. The molecule has 144 valence electrons. The molecule has 0 spiro atoms. The molecule has 1 N–H and O–H groups in total. The number of carbonyl (C=O) groups is 1. The Labute approximate surface area is 165 Å². The zero-order chi connectivity index (χ0) is 19.5. The van der Waals surface area contributed by atoms with Gasteiger partial charge in [0, 0.05) is 35.8 Å². The largest absolute Gasteiger partial charge is 0.484 e. The summed E-state index contributed by atoms with van der Waals surface area (Å²) in [5.41, 5.74) is 6.26. The number of aryl methyl sites for hydroxylation is 2. The van der Waals surface area contributed by atoms with Crippen LogP contribution in [0.3, 0.4) is 0 Å². The maximum absolute atomic E-state index is 12.5. The van der Waals surface area contributed by atoms with E-state index in [0.29, 0.717) is 6.54 Å². The number of ether oxygens (including phenoxy) is 1. The molecule has 4 nitrogen and oxygen atoms in total. The molecule has 0 radical (unpaired) electrons. The fourth-order valence-corrected chi connectivity index (χ4v) is 3.77. The van der Waals surface area contributed by atoms with Gasteiger partial charge in [0.2, 0.25) is 0 Å². The minimum absolute atomic E-state index is 0.0321. The third-order valence-corrected chi connectivity index (χ3v) is 5.53. The highest BCUT2D eigenvalue weighted by molar-refractivity contribution is 5.94. The average molecular weight is 374 g/mol. The van der Waals surface area contributed by atoms with Crippen LogP contribution in [0.15, 0.2) is 54.7 Å². The summed E-state index contributed by atoms with van der Waals surface area (Å²) in [5, 5.41) is 1.25. The number of rotatable bonds is 5. The SMILES string of the molecule is CCc1ccc(OCC(=O)N2CC=C(c3c[nH]c4c(C)cccc34)CC2)cc1. The number of H-pyrrole nitrogens is 1. The number of hydrogen-bond donors (Lipinski definition) is 1. The van der Waals surface area contributed by atoms with E-state index in [0.717, 1.165) is 25.1 Å². The van der Waals surface area contributed by atoms with Crippen molar-refractivity contribution in [3.8, 4) is 5.75 Å². The van der Waals surface area contributed by atoms with Crippen molar-refractivity contribution in [2.24, 2.45) is 0 Å². The summed E-state index contributed by atoms with van der Waals surface area (Å²) in [6, 6.07) is 14.3. The van der Waals surface area contributed by atoms with Crippen LogP contribution >= 0.6 is 0 Å². The van der Waals surface area contributed by atoms with Gasteiger partial charge in [-0.3, -0.25) is 4.79 Å². The van der Waals surface area contributed by atoms with Gasteiger partial charge >= 0.3 is 0 Å². The number of fused-ring (bicyclic) bond motifs is 1. The first-order valence-electron chi connectivity index (χ1n) is 9.91. The molecule has 28 heavy (non-hydrogen) atoms. The summed E-state index contributed by atoms with van der Waals surface area (Å²) >= 11 is 0. The lowest BCUT2D eigenvalue weighted by atomic mass is 9.98. The Morgan fingerprint density at radius 2 is 2.00 bits per heavy atom. The zero-order valence-corrected chi connectivity index (χ0v) is 16.5. The Balaban J connectivity index is 1.38. The molecule has 1 amide bonds. The van der Waals surface area contributed by atoms with Crippen molar-refractivity contribution in [3.05, 3.63) is 71.4 Å². The van der Waals surface area contributed by atoms with Gasteiger partial charge in [-0.1, -0.05) is 43.3 Å². The Kier molecular flexibility index (Phi) is 5.20. The fourth-order valence-electron chi connectivity index (χ4n) is 3.77. The predicted molar refractivity (Wildman–Crippen MR) is 114 cm³/mol. The van der Waals surface area contributed by atoms with Crippen LogP contribution in [-0.4, -0.2) is 35.5 Å². The van der Waals surface area contributed by atoms with E-state index in [1.54, 1.807) is 0 Å². The van der Waals surface area contributed by atoms with E-state index in [1.807, 2.05) is 29.2 Å². The average Bonchev–Trinajstić information content (AvgIpc) is 3.18. The van der Waals surface area contributed by atoms with E-state index >= 15 is 0 Å². The molecular weight excluding hydrogens is 348 g/mol. The highest BCUT2D eigenvalue weighted by Gasteiger charge is 2.20. The number of aromatic nitrogens is 1. The number of amides is 1. The molecule has 4 heteroatoms. The molecular formula is C24H26N2O2. The van der Waals surface area contributed by atoms with Gasteiger partial charge in [-0.25, -0.2) is 0 Å². The Morgan fingerprint density at radius 3 is 2.71 bits per heavy atom. The smallest absolute Gasteiger partial charge is 0.260 e. The lowest BCUT2D eigenvalue weighted by molar-refractivity contribution is -0.132. The number of aromatic amines is 1. The van der Waals surface area contributed by atoms with Crippen molar-refractivity contribution < 1.29 is 9.53 Å². The second-order valence-electron chi connectivity index (χ2n) is 7.31. The zero-order valence-electron chi connectivity index (χ0n) is 16.5. The highest BCUT2D eigenvalue weighted by atomic mass is 16.5. The first-order chi connectivity index (χ1) is 13.7. The van der Waals surface area contributed by atoms with Gasteiger partial charge in [-0.15, -0.1) is 0 Å². The summed E-state index contributed by atoms with van der Waals surface area (Å²) in [5.74, 6) is 0.776. The van der Waals surface area contributed by atoms with E-state index in [2.05, 4.69) is 49.3 Å². The molecule has 1 aliphatic heterocycles. The van der Waals surface area contributed by atoms with Crippen molar-refractivity contribution in [1.29, 1.82) is 0 Å². The standard InChI is InChI=1S/C24H26N2O2/c1-3-18-7-9-20(10-8-18)28-16-23(27)26-13-11-19(12-14-26)22-15-25-24-17(2)5-4-6-21(22)24/h4-11,15,25H,3,12-14,16H2,1-2H3. The molecule has 1 aromatic heterocycles. The Hall–Kier alpha value is -3.01. The fraction of sp³-hybridized carbons (Fsp3) is 0.292. The van der Waals surface area contributed by atoms with Gasteiger partial charge in [-0.2, -0.15) is 0 Å². The predicted octanol–water partition coefficient (Wildman–Crippen LogP) is 4.73. The molecule has 0 atom stereocenters. The molecule has 0 saturated heterocycles. The Bertz CT molecular complexity index is 1010. The van der Waals surface area contributed by atoms with Crippen molar-refractivity contribution in [1.82, 2.24) is 9.88 Å². The molecule has 3 aromatic rings. The van der Waals surface area contributed by atoms with E-state index in [1.165, 1.54) is 33.2 Å². The van der Waals surface area contributed by atoms with Gasteiger partial charge in [0.05, 0.1) is 0 Å². The minimum Gasteiger partial charge on any atom is -0.484 e. The number of para-hydroxylation sites is 1. The summed E-state index contributed by atoms with van der Waals surface area (Å²) in [4.78, 5) is 17.8. The summed E-state index contributed by atoms with van der Waals surface area (Å²) in [6.07, 6.45) is 6.11. The highest BCUT2D eigenvalue weighted by Crippen LogP contribution is 2.30. The van der Waals surface area contributed by atoms with E-state index in [9.17, 15) is 4.79 Å². The summed E-state index contributed by atoms with van der Waals surface area (Å²) in [6.45, 7) is 5.68. The van der Waals surface area contributed by atoms with Crippen LogP contribution in [0.1, 0.15) is 30.0 Å². The number of nitrogens with one attached hydrogen (secondary N) is 1. The summed E-state index contributed by atoms with van der Waals surface area (Å²) in [7, 11) is 0. The normalized spacial score (nSPS) is 14.2. The van der Waals surface area contributed by atoms with Gasteiger partial charge in [0.1, 0.15) is 5.75 Å². The minimum atomic E-state index is 0.0321. The molecule has 4 rings (SSSR count). The van der Waals surface area contributed by atoms with Crippen LogP contribution in [0.25, 0.3) is 16.5 Å². The molecule has 0 saturated carbocycles. The molecule has 0 bridgehead atoms. The second-order valence-corrected chi connectivity index (χ2v) is 7.31. The van der Waals surface area contributed by atoms with Crippen molar-refractivity contribution in [2.75, 3.05) is 19.7 Å². The van der Waals surface area contributed by atoms with E-state index in [-0.39, 0.29) is 12.5 Å². The molecule has 2 heterocycles. The third kappa shape index (κ3) is 3.68. The van der Waals surface area contributed by atoms with Crippen LogP contribution in [-0.2, 0) is 11.2 Å². The molecule has 0 aliphatic carbocycles. The first kappa shape index (κ1) is 18.4. The number of hydrogen-bond acceptors (Lipinski definition) is 2. The molecule has 1 aliphatic rings. The van der Waals surface area contributed by atoms with Crippen molar-refractivity contribution in [2.45, 2.75) is 26.7 Å². The molecule has 0 fully saturated rings. The van der Waals surface area contributed by atoms with Crippen molar-refractivity contribution >= 4 is 22.4 Å². The van der Waals surface area contributed by atoms with Gasteiger partial charge in [0.15, 0.2) is 6.61 Å². The van der Waals surface area contributed by atoms with Crippen LogP contribution in [0.4, 0.5) is 0 Å². The van der Waals surface area contributed by atoms with Crippen LogP contribution in [0.5, 0.6) is 5.75 Å². The first-order valence-corrected chi connectivity index (χ1v) is 9.91. The quantitative estimate of drug-likeness (QED) is 0.701. The lowest BCUT2D eigenvalue weighted by Crippen LogP contribution is -2.37.